The number of halogens is 2. The van der Waals surface area contributed by atoms with E-state index in [1.54, 1.807) is 9.80 Å². The highest BCUT2D eigenvalue weighted by atomic mass is 35.5. The summed E-state index contributed by atoms with van der Waals surface area (Å²) in [7, 11) is 0. The molecular weight excluding hydrogens is 419 g/mol. The fourth-order valence-corrected chi connectivity index (χ4v) is 4.06. The molecule has 0 aromatic heterocycles. The van der Waals surface area contributed by atoms with Gasteiger partial charge in [0.15, 0.2) is 0 Å². The molecule has 1 fully saturated rings. The monoisotopic (exact) mass is 446 g/mol. The van der Waals surface area contributed by atoms with Crippen LogP contribution in [0.2, 0.25) is 5.02 Å². The van der Waals surface area contributed by atoms with Crippen LogP contribution in [-0.4, -0.2) is 54.4 Å². The van der Waals surface area contributed by atoms with E-state index in [0.717, 1.165) is 16.9 Å². The first-order valence-corrected chi connectivity index (χ1v) is 11.0. The first-order chi connectivity index (χ1) is 14.9. The molecule has 0 unspecified atom stereocenters. The van der Waals surface area contributed by atoms with Crippen LogP contribution in [0.1, 0.15) is 40.7 Å². The van der Waals surface area contributed by atoms with Gasteiger partial charge in [-0.3, -0.25) is 9.59 Å². The summed E-state index contributed by atoms with van der Waals surface area (Å²) >= 11 is 6.03. The summed E-state index contributed by atoms with van der Waals surface area (Å²) in [6, 6.07) is 10.2. The van der Waals surface area contributed by atoms with Crippen molar-refractivity contribution in [2.75, 3.05) is 32.8 Å². The van der Waals surface area contributed by atoms with Crippen LogP contribution < -0.4 is 4.74 Å². The Morgan fingerprint density at radius 3 is 2.35 bits per heavy atom. The van der Waals surface area contributed by atoms with Crippen molar-refractivity contribution in [3.8, 4) is 5.75 Å². The van der Waals surface area contributed by atoms with Crippen LogP contribution in [-0.2, 0) is 4.79 Å². The van der Waals surface area contributed by atoms with Crippen molar-refractivity contribution in [1.82, 2.24) is 9.80 Å². The molecule has 7 heteroatoms. The topological polar surface area (TPSA) is 49.9 Å². The van der Waals surface area contributed by atoms with Crippen LogP contribution in [0.15, 0.2) is 36.4 Å². The molecule has 2 aromatic rings. The van der Waals surface area contributed by atoms with Gasteiger partial charge in [-0.2, -0.15) is 0 Å². The molecule has 1 saturated heterocycles. The van der Waals surface area contributed by atoms with Gasteiger partial charge in [-0.25, -0.2) is 4.39 Å². The van der Waals surface area contributed by atoms with Crippen molar-refractivity contribution in [3.63, 3.8) is 0 Å². The molecule has 166 valence electrons. The van der Waals surface area contributed by atoms with Crippen LogP contribution >= 0.6 is 11.6 Å². The number of nitrogens with zero attached hydrogens (tertiary/aromatic N) is 2. The number of para-hydroxylation sites is 1. The van der Waals surface area contributed by atoms with Crippen molar-refractivity contribution in [2.45, 2.75) is 33.1 Å². The van der Waals surface area contributed by atoms with E-state index in [2.05, 4.69) is 0 Å². The lowest BCUT2D eigenvalue weighted by Crippen LogP contribution is -2.37. The highest BCUT2D eigenvalue weighted by Crippen LogP contribution is 2.23. The van der Waals surface area contributed by atoms with Gasteiger partial charge in [0.2, 0.25) is 5.91 Å². The number of hydrogen-bond acceptors (Lipinski definition) is 3. The second-order valence-electron chi connectivity index (χ2n) is 7.80. The lowest BCUT2D eigenvalue weighted by molar-refractivity contribution is -0.131. The van der Waals surface area contributed by atoms with Crippen molar-refractivity contribution in [3.05, 3.63) is 63.9 Å². The summed E-state index contributed by atoms with van der Waals surface area (Å²) in [6.45, 7) is 6.30. The minimum Gasteiger partial charge on any atom is -0.493 e. The molecule has 0 bridgehead atoms. The predicted molar refractivity (Wildman–Crippen MR) is 119 cm³/mol. The number of aryl methyl sites for hydroxylation is 2. The molecule has 0 saturated carbocycles. The Balaban J connectivity index is 1.49. The first-order valence-electron chi connectivity index (χ1n) is 10.6. The highest BCUT2D eigenvalue weighted by molar-refractivity contribution is 6.33. The Bertz CT molecular complexity index is 910. The van der Waals surface area contributed by atoms with Gasteiger partial charge in [-0.1, -0.05) is 35.9 Å². The normalized spacial score (nSPS) is 14.3. The van der Waals surface area contributed by atoms with Gasteiger partial charge in [0.05, 0.1) is 17.2 Å². The van der Waals surface area contributed by atoms with Gasteiger partial charge in [0, 0.05) is 32.6 Å². The fourth-order valence-electron chi connectivity index (χ4n) is 3.81. The highest BCUT2D eigenvalue weighted by Gasteiger charge is 2.25. The number of carbonyl (C=O) groups excluding carboxylic acids is 2. The van der Waals surface area contributed by atoms with Crippen molar-refractivity contribution in [1.29, 1.82) is 0 Å². The van der Waals surface area contributed by atoms with Gasteiger partial charge < -0.3 is 14.5 Å². The molecular formula is C24H28ClFN2O3. The van der Waals surface area contributed by atoms with Crippen molar-refractivity contribution >= 4 is 23.4 Å². The van der Waals surface area contributed by atoms with E-state index in [-0.39, 0.29) is 16.5 Å². The molecule has 2 aromatic carbocycles. The predicted octanol–water partition coefficient (Wildman–Crippen LogP) is 4.63. The van der Waals surface area contributed by atoms with Gasteiger partial charge in [-0.05, 0) is 49.9 Å². The number of hydrogen-bond donors (Lipinski definition) is 0. The first kappa shape index (κ1) is 23.1. The summed E-state index contributed by atoms with van der Waals surface area (Å²) in [6.07, 6.45) is 1.65. The maximum Gasteiger partial charge on any atom is 0.258 e. The zero-order valence-corrected chi connectivity index (χ0v) is 18.8. The van der Waals surface area contributed by atoms with Crippen molar-refractivity contribution in [2.24, 2.45) is 0 Å². The molecule has 0 aliphatic carbocycles. The van der Waals surface area contributed by atoms with Crippen LogP contribution in [0.5, 0.6) is 5.75 Å². The lowest BCUT2D eigenvalue weighted by atomic mass is 10.1. The zero-order valence-electron chi connectivity index (χ0n) is 18.0. The molecule has 2 amide bonds. The fraction of sp³-hybridized carbons (Fsp3) is 0.417. The smallest absolute Gasteiger partial charge is 0.258 e. The Hall–Kier alpha value is -2.60. The number of carbonyl (C=O) groups is 2. The van der Waals surface area contributed by atoms with Gasteiger partial charge in [-0.15, -0.1) is 0 Å². The van der Waals surface area contributed by atoms with Crippen LogP contribution in [0, 0.1) is 19.7 Å². The largest absolute Gasteiger partial charge is 0.493 e. The third-order valence-electron chi connectivity index (χ3n) is 5.50. The zero-order chi connectivity index (χ0) is 22.4. The van der Waals surface area contributed by atoms with Crippen LogP contribution in [0.4, 0.5) is 4.39 Å². The standard InChI is InChI=1S/C24H28ClFN2O3/c1-17-7-3-8-18(2)23(17)31-16-5-11-21(29)27-12-6-13-28(15-14-27)24(30)22-19(25)9-4-10-20(22)26/h3-4,7-10H,5-6,11-16H2,1-2H3. The molecule has 1 aliphatic rings. The van der Waals surface area contributed by atoms with Gasteiger partial charge in [0.1, 0.15) is 11.6 Å². The summed E-state index contributed by atoms with van der Waals surface area (Å²) in [4.78, 5) is 28.7. The molecule has 0 atom stereocenters. The number of ether oxygens (including phenoxy) is 1. The molecule has 1 heterocycles. The van der Waals surface area contributed by atoms with Crippen LogP contribution in [0.3, 0.4) is 0 Å². The molecule has 0 radical (unpaired) electrons. The quantitative estimate of drug-likeness (QED) is 0.608. The van der Waals surface area contributed by atoms with E-state index in [9.17, 15) is 14.0 Å². The minimum absolute atomic E-state index is 0.0447. The van der Waals surface area contributed by atoms with E-state index >= 15 is 0 Å². The van der Waals surface area contributed by atoms with Gasteiger partial charge in [0.25, 0.3) is 5.91 Å². The molecule has 5 nitrogen and oxygen atoms in total. The van der Waals surface area contributed by atoms with E-state index in [0.29, 0.717) is 52.0 Å². The number of amides is 2. The maximum absolute atomic E-state index is 14.1. The summed E-state index contributed by atoms with van der Waals surface area (Å²) in [5, 5.41) is 0.103. The second-order valence-corrected chi connectivity index (χ2v) is 8.20. The lowest BCUT2D eigenvalue weighted by Gasteiger charge is -2.23. The number of benzene rings is 2. The third-order valence-corrected chi connectivity index (χ3v) is 5.82. The molecule has 0 N–H and O–H groups in total. The Labute approximate surface area is 187 Å². The number of rotatable bonds is 6. The van der Waals surface area contributed by atoms with Crippen molar-refractivity contribution < 1.29 is 18.7 Å². The molecule has 3 rings (SSSR count). The summed E-state index contributed by atoms with van der Waals surface area (Å²) in [5.41, 5.74) is 2.06. The third kappa shape index (κ3) is 5.76. The molecule has 0 spiro atoms. The van der Waals surface area contributed by atoms with Gasteiger partial charge >= 0.3 is 0 Å². The van der Waals surface area contributed by atoms with E-state index < -0.39 is 11.7 Å². The Morgan fingerprint density at radius 1 is 1.00 bits per heavy atom. The SMILES string of the molecule is Cc1cccc(C)c1OCCCC(=O)N1CCCN(C(=O)c2c(F)cccc2Cl)CC1. The average Bonchev–Trinajstić information content (AvgIpc) is 2.99. The van der Waals surface area contributed by atoms with E-state index in [4.69, 9.17) is 16.3 Å². The second kappa shape index (κ2) is 10.6. The Kier molecular flexibility index (Phi) is 7.91. The average molecular weight is 447 g/mol. The van der Waals surface area contributed by atoms with E-state index in [1.807, 2.05) is 32.0 Å². The van der Waals surface area contributed by atoms with Crippen LogP contribution in [0.25, 0.3) is 0 Å². The maximum atomic E-state index is 14.1. The minimum atomic E-state index is -0.626. The molecule has 31 heavy (non-hydrogen) atoms. The Morgan fingerprint density at radius 2 is 1.65 bits per heavy atom. The summed E-state index contributed by atoms with van der Waals surface area (Å²) < 4.78 is 20.0. The van der Waals surface area contributed by atoms with E-state index in [1.165, 1.54) is 18.2 Å². The molecule has 1 aliphatic heterocycles. The summed E-state index contributed by atoms with van der Waals surface area (Å²) in [5.74, 6) is -0.132.